The molecule has 1 saturated carbocycles. The van der Waals surface area contributed by atoms with Crippen molar-refractivity contribution in [2.45, 2.75) is 83.1 Å². The fourth-order valence-electron chi connectivity index (χ4n) is 4.58. The van der Waals surface area contributed by atoms with Crippen LogP contribution in [0.1, 0.15) is 52.7 Å². The molecule has 11 nitrogen and oxygen atoms in total. The van der Waals surface area contributed by atoms with E-state index in [2.05, 4.69) is 26.2 Å². The van der Waals surface area contributed by atoms with Gasteiger partial charge in [0.2, 0.25) is 0 Å². The zero-order valence-electron chi connectivity index (χ0n) is 19.5. The Labute approximate surface area is 197 Å². The summed E-state index contributed by atoms with van der Waals surface area (Å²) in [7, 11) is 0. The molecule has 0 spiro atoms. The molecule has 1 saturated heterocycles. The van der Waals surface area contributed by atoms with Crippen molar-refractivity contribution in [3.63, 3.8) is 0 Å². The number of fused-ring (bicyclic) bond motifs is 1. The predicted molar refractivity (Wildman–Crippen MR) is 120 cm³/mol. The number of carbonyl (C=O) groups is 2. The number of imidazole rings is 1. The molecule has 0 amide bonds. The molecule has 1 aliphatic heterocycles. The molecule has 2 unspecified atom stereocenters. The van der Waals surface area contributed by atoms with Gasteiger partial charge in [0, 0.05) is 26.5 Å². The molecule has 182 valence electrons. The van der Waals surface area contributed by atoms with E-state index in [0.29, 0.717) is 23.1 Å². The third-order valence-corrected chi connectivity index (χ3v) is 6.01. The van der Waals surface area contributed by atoms with Gasteiger partial charge in [-0.25, -0.2) is 15.0 Å². The smallest absolute Gasteiger partial charge is 0.303 e. The topological polar surface area (TPSA) is 127 Å². The maximum Gasteiger partial charge on any atom is 0.303 e. The van der Waals surface area contributed by atoms with Gasteiger partial charge in [-0.1, -0.05) is 5.92 Å². The summed E-state index contributed by atoms with van der Waals surface area (Å²) in [5.41, 5.74) is 1.02. The summed E-state index contributed by atoms with van der Waals surface area (Å²) >= 11 is 0. The van der Waals surface area contributed by atoms with Crippen molar-refractivity contribution in [1.29, 1.82) is 0 Å². The number of hydrogen-bond acceptors (Lipinski definition) is 10. The number of ether oxygens (including phenoxy) is 4. The number of rotatable bonds is 7. The molecule has 4 atom stereocenters. The summed E-state index contributed by atoms with van der Waals surface area (Å²) in [5.74, 6) is 1.95. The van der Waals surface area contributed by atoms with Crippen LogP contribution in [0.5, 0.6) is 0 Å². The van der Waals surface area contributed by atoms with Crippen LogP contribution >= 0.6 is 0 Å². The Bertz CT molecular complexity index is 1070. The molecule has 0 aromatic carbocycles. The largest absolute Gasteiger partial charge is 0.455 e. The predicted octanol–water partition coefficient (Wildman–Crippen LogP) is 1.98. The summed E-state index contributed by atoms with van der Waals surface area (Å²) in [4.78, 5) is 36.7. The lowest BCUT2D eigenvalue weighted by Crippen LogP contribution is -2.38. The van der Waals surface area contributed by atoms with Crippen LogP contribution in [-0.2, 0) is 28.5 Å². The van der Waals surface area contributed by atoms with E-state index in [1.54, 1.807) is 4.57 Å². The molecule has 1 N–H and O–H groups in total. The zero-order chi connectivity index (χ0) is 24.2. The van der Waals surface area contributed by atoms with Gasteiger partial charge in [-0.3, -0.25) is 14.2 Å². The van der Waals surface area contributed by atoms with Crippen molar-refractivity contribution in [3.05, 3.63) is 12.7 Å². The molecule has 2 aromatic heterocycles. The molecule has 11 heteroatoms. The van der Waals surface area contributed by atoms with Crippen LogP contribution in [0.2, 0.25) is 0 Å². The number of nitrogens with one attached hydrogen (secondary N) is 1. The zero-order valence-corrected chi connectivity index (χ0v) is 19.5. The van der Waals surface area contributed by atoms with Crippen LogP contribution in [-0.4, -0.2) is 68.5 Å². The van der Waals surface area contributed by atoms with Crippen LogP contribution in [0.25, 0.3) is 11.2 Å². The fourth-order valence-corrected chi connectivity index (χ4v) is 4.58. The molecular weight excluding hydrogens is 442 g/mol. The minimum Gasteiger partial charge on any atom is -0.455 e. The summed E-state index contributed by atoms with van der Waals surface area (Å²) in [6.45, 7) is 5.26. The normalized spacial score (nSPS) is 28.9. The van der Waals surface area contributed by atoms with Crippen molar-refractivity contribution in [1.82, 2.24) is 19.5 Å². The van der Waals surface area contributed by atoms with Gasteiger partial charge in [0.1, 0.15) is 6.33 Å². The molecule has 2 aromatic rings. The first kappa shape index (κ1) is 23.9. The summed E-state index contributed by atoms with van der Waals surface area (Å²) in [6, 6.07) is 0.246. The molecular formula is C23H29N5O6. The highest BCUT2D eigenvalue weighted by molar-refractivity contribution is 5.83. The number of hydrogen-bond donors (Lipinski definition) is 1. The first-order valence-electron chi connectivity index (χ1n) is 11.4. The Balaban J connectivity index is 1.59. The van der Waals surface area contributed by atoms with Crippen LogP contribution in [0, 0.1) is 12.3 Å². The van der Waals surface area contributed by atoms with E-state index in [1.807, 2.05) is 6.92 Å². The van der Waals surface area contributed by atoms with Gasteiger partial charge >= 0.3 is 11.9 Å². The monoisotopic (exact) mass is 471 g/mol. The van der Waals surface area contributed by atoms with Crippen molar-refractivity contribution in [2.75, 3.05) is 11.9 Å². The summed E-state index contributed by atoms with van der Waals surface area (Å²) in [6.07, 6.45) is 9.04. The molecule has 4 rings (SSSR count). The highest BCUT2D eigenvalue weighted by atomic mass is 16.6. The minimum atomic E-state index is -0.972. The van der Waals surface area contributed by atoms with Crippen molar-refractivity contribution in [2.24, 2.45) is 0 Å². The lowest BCUT2D eigenvalue weighted by molar-refractivity contribution is -0.165. The van der Waals surface area contributed by atoms with Gasteiger partial charge in [0.25, 0.3) is 0 Å². The SMILES string of the molecule is C#CC1O[C@@H](n2cnc3c(N[C@H]4CC[C@H](OCC)CC4)ncnc32)[C@H](OC(C)=O)C1OC(C)=O. The van der Waals surface area contributed by atoms with Gasteiger partial charge in [0.15, 0.2) is 41.5 Å². The third-order valence-electron chi connectivity index (χ3n) is 6.01. The lowest BCUT2D eigenvalue weighted by atomic mass is 9.93. The number of terminal acetylenes is 1. The first-order chi connectivity index (χ1) is 16.4. The average molecular weight is 472 g/mol. The molecule has 1 aliphatic carbocycles. The van der Waals surface area contributed by atoms with E-state index < -0.39 is 36.5 Å². The standard InChI is InChI=1S/C23H29N5O6/c1-5-17-19(32-13(3)29)20(33-14(4)30)23(34-17)28-12-26-18-21(24-11-25-22(18)28)27-15-7-9-16(10-8-15)31-6-2/h1,11-12,15-17,19-20,23H,6-10H2,2-4H3,(H,24,25,27)/t15-,16-,17?,19?,20-,23-/m1/s1. The summed E-state index contributed by atoms with van der Waals surface area (Å²) < 4.78 is 24.1. The summed E-state index contributed by atoms with van der Waals surface area (Å²) in [5, 5.41) is 3.48. The highest BCUT2D eigenvalue weighted by Crippen LogP contribution is 2.36. The van der Waals surface area contributed by atoms with Crippen molar-refractivity contribution < 1.29 is 28.5 Å². The molecule has 0 radical (unpaired) electrons. The van der Waals surface area contributed by atoms with Crippen LogP contribution in [0.4, 0.5) is 5.82 Å². The van der Waals surface area contributed by atoms with Crippen molar-refractivity contribution >= 4 is 28.9 Å². The highest BCUT2D eigenvalue weighted by Gasteiger charge is 2.50. The van der Waals surface area contributed by atoms with E-state index in [9.17, 15) is 9.59 Å². The minimum absolute atomic E-state index is 0.246. The Morgan fingerprint density at radius 1 is 1.15 bits per heavy atom. The maximum atomic E-state index is 11.8. The second-order valence-corrected chi connectivity index (χ2v) is 8.38. The van der Waals surface area contributed by atoms with Gasteiger partial charge in [0.05, 0.1) is 12.4 Å². The van der Waals surface area contributed by atoms with E-state index >= 15 is 0 Å². The van der Waals surface area contributed by atoms with Gasteiger partial charge < -0.3 is 24.3 Å². The second-order valence-electron chi connectivity index (χ2n) is 8.38. The Kier molecular flexibility index (Phi) is 7.29. The number of carbonyl (C=O) groups excluding carboxylic acids is 2. The fraction of sp³-hybridized carbons (Fsp3) is 0.609. The van der Waals surface area contributed by atoms with Crippen LogP contribution < -0.4 is 5.32 Å². The Morgan fingerprint density at radius 2 is 1.85 bits per heavy atom. The molecule has 34 heavy (non-hydrogen) atoms. The number of anilines is 1. The van der Waals surface area contributed by atoms with Crippen LogP contribution in [0.3, 0.4) is 0 Å². The van der Waals surface area contributed by atoms with E-state index in [4.69, 9.17) is 25.4 Å². The van der Waals surface area contributed by atoms with Gasteiger partial charge in [-0.15, -0.1) is 6.42 Å². The van der Waals surface area contributed by atoms with Crippen molar-refractivity contribution in [3.8, 4) is 12.3 Å². The molecule has 0 bridgehead atoms. The Hall–Kier alpha value is -3.23. The molecule has 2 aliphatic rings. The maximum absolute atomic E-state index is 11.8. The molecule has 2 fully saturated rings. The van der Waals surface area contributed by atoms with Crippen LogP contribution in [0.15, 0.2) is 12.7 Å². The average Bonchev–Trinajstić information content (AvgIpc) is 3.37. The first-order valence-corrected chi connectivity index (χ1v) is 11.4. The Morgan fingerprint density at radius 3 is 2.50 bits per heavy atom. The van der Waals surface area contributed by atoms with Gasteiger partial charge in [-0.05, 0) is 32.6 Å². The number of esters is 2. The quantitative estimate of drug-likeness (QED) is 0.473. The third kappa shape index (κ3) is 4.98. The lowest BCUT2D eigenvalue weighted by Gasteiger charge is -2.29. The second kappa shape index (κ2) is 10.4. The van der Waals surface area contributed by atoms with Gasteiger partial charge in [-0.2, -0.15) is 0 Å². The van der Waals surface area contributed by atoms with E-state index in [-0.39, 0.29) is 6.04 Å². The number of aromatic nitrogens is 4. The van der Waals surface area contributed by atoms with E-state index in [1.165, 1.54) is 26.5 Å². The number of nitrogens with zero attached hydrogens (tertiary/aromatic N) is 4. The van der Waals surface area contributed by atoms with E-state index in [0.717, 1.165) is 32.3 Å². The molecule has 3 heterocycles.